The molecule has 2 aromatic heterocycles. The number of hydrogen-bond donors (Lipinski definition) is 2. The highest BCUT2D eigenvalue weighted by atomic mass is 32.2. The van der Waals surface area contributed by atoms with E-state index in [1.165, 1.54) is 36.1 Å². The van der Waals surface area contributed by atoms with Crippen molar-refractivity contribution in [3.63, 3.8) is 0 Å². The van der Waals surface area contributed by atoms with Crippen LogP contribution in [0.4, 0.5) is 15.9 Å². The molecular formula is C27H27FN8O4S. The van der Waals surface area contributed by atoms with Gasteiger partial charge in [0.05, 0.1) is 28.5 Å². The van der Waals surface area contributed by atoms with Crippen LogP contribution < -0.4 is 25.2 Å². The molecule has 1 saturated heterocycles. The molecule has 212 valence electrons. The number of piperazine rings is 1. The molecule has 0 atom stereocenters. The summed E-state index contributed by atoms with van der Waals surface area (Å²) in [7, 11) is -2.62. The molecule has 5 rings (SSSR count). The summed E-state index contributed by atoms with van der Waals surface area (Å²) in [5.74, 6) is -0.493. The first-order valence-corrected chi connectivity index (χ1v) is 14.2. The van der Waals surface area contributed by atoms with Gasteiger partial charge >= 0.3 is 10.2 Å². The number of aromatic nitrogens is 3. The van der Waals surface area contributed by atoms with E-state index >= 15 is 0 Å². The van der Waals surface area contributed by atoms with Crippen molar-refractivity contribution >= 4 is 32.6 Å². The summed E-state index contributed by atoms with van der Waals surface area (Å²) in [6.07, 6.45) is 3.01. The largest absolute Gasteiger partial charge is 0.453 e. The van der Waals surface area contributed by atoms with Crippen molar-refractivity contribution in [2.75, 3.05) is 49.4 Å². The van der Waals surface area contributed by atoms with Crippen LogP contribution in [-0.2, 0) is 10.2 Å². The van der Waals surface area contributed by atoms with Gasteiger partial charge in [-0.15, -0.1) is 0 Å². The van der Waals surface area contributed by atoms with E-state index in [0.717, 1.165) is 48.4 Å². The Bertz CT molecular complexity index is 1800. The van der Waals surface area contributed by atoms with Crippen LogP contribution in [-0.4, -0.2) is 67.0 Å². The molecule has 0 spiro atoms. The monoisotopic (exact) mass is 578 g/mol. The molecule has 1 fully saturated rings. The zero-order valence-electron chi connectivity index (χ0n) is 22.3. The van der Waals surface area contributed by atoms with E-state index in [4.69, 9.17) is 4.74 Å². The number of nitrogens with zero attached hydrogens (tertiary/aromatic N) is 6. The third-order valence-electron chi connectivity index (χ3n) is 6.72. The Kier molecular flexibility index (Phi) is 7.84. The zero-order valence-corrected chi connectivity index (χ0v) is 23.2. The number of rotatable bonds is 8. The lowest BCUT2D eigenvalue weighted by molar-refractivity contribution is 0.441. The average Bonchev–Trinajstić information content (AvgIpc) is 2.99. The van der Waals surface area contributed by atoms with Gasteiger partial charge in [-0.25, -0.2) is 14.4 Å². The van der Waals surface area contributed by atoms with Crippen molar-refractivity contribution in [3.8, 4) is 23.3 Å². The predicted octanol–water partition coefficient (Wildman–Crippen LogP) is 2.60. The minimum atomic E-state index is -3.98. The van der Waals surface area contributed by atoms with Crippen LogP contribution >= 0.6 is 0 Å². The van der Waals surface area contributed by atoms with Gasteiger partial charge in [0.25, 0.3) is 5.56 Å². The molecule has 12 nitrogen and oxygen atoms in total. The molecule has 3 heterocycles. The number of fused-ring (bicyclic) bond motifs is 1. The first kappa shape index (κ1) is 28.0. The van der Waals surface area contributed by atoms with Crippen LogP contribution in [0.3, 0.4) is 0 Å². The maximum atomic E-state index is 14.9. The topological polar surface area (TPSA) is 145 Å². The summed E-state index contributed by atoms with van der Waals surface area (Å²) in [5.41, 5.74) is 0.00370. The first-order chi connectivity index (χ1) is 19.7. The van der Waals surface area contributed by atoms with Crippen molar-refractivity contribution in [1.82, 2.24) is 24.2 Å². The summed E-state index contributed by atoms with van der Waals surface area (Å²) in [5, 5.41) is 13.2. The Morgan fingerprint density at radius 2 is 1.95 bits per heavy atom. The second kappa shape index (κ2) is 11.5. The van der Waals surface area contributed by atoms with Gasteiger partial charge in [0, 0.05) is 39.8 Å². The minimum Gasteiger partial charge on any atom is -0.453 e. The Morgan fingerprint density at radius 1 is 1.17 bits per heavy atom. The maximum Gasteiger partial charge on any atom is 0.301 e. The van der Waals surface area contributed by atoms with E-state index in [1.54, 1.807) is 19.2 Å². The molecular weight excluding hydrogens is 551 g/mol. The molecule has 0 unspecified atom stereocenters. The van der Waals surface area contributed by atoms with Gasteiger partial charge in [0.15, 0.2) is 11.6 Å². The van der Waals surface area contributed by atoms with E-state index in [9.17, 15) is 22.9 Å². The Labute approximate surface area is 235 Å². The fourth-order valence-electron chi connectivity index (χ4n) is 4.31. The standard InChI is InChI=1S/C27H27FN8O4S/c1-3-34(2)41(38,39)33-24-8-6-22(28)26(21(24)15-29)40-19-5-7-23-20(14-19)27(37)36(17-32-23)18-4-9-25(31-16-18)35-12-10-30-11-13-35/h4-9,14,16-17,30,33H,3,10-13H2,1-2H3. The van der Waals surface area contributed by atoms with Crippen LogP contribution in [0.1, 0.15) is 12.5 Å². The Balaban J connectivity index is 1.47. The number of nitriles is 1. The van der Waals surface area contributed by atoms with Gasteiger partial charge in [0.2, 0.25) is 0 Å². The molecule has 2 aromatic carbocycles. The normalized spacial score (nSPS) is 13.8. The third-order valence-corrected chi connectivity index (χ3v) is 8.27. The number of halogens is 1. The Hall–Kier alpha value is -4.58. The van der Waals surface area contributed by atoms with Crippen LogP contribution in [0, 0.1) is 17.1 Å². The van der Waals surface area contributed by atoms with Gasteiger partial charge < -0.3 is 15.0 Å². The first-order valence-electron chi connectivity index (χ1n) is 12.8. The zero-order chi connectivity index (χ0) is 29.1. The number of anilines is 2. The molecule has 41 heavy (non-hydrogen) atoms. The van der Waals surface area contributed by atoms with E-state index < -0.39 is 27.3 Å². The maximum absolute atomic E-state index is 14.9. The number of hydrogen-bond acceptors (Lipinski definition) is 9. The van der Waals surface area contributed by atoms with Crippen molar-refractivity contribution in [2.45, 2.75) is 6.92 Å². The number of pyridine rings is 1. The van der Waals surface area contributed by atoms with Gasteiger partial charge in [-0.05, 0) is 42.5 Å². The number of nitrogens with one attached hydrogen (secondary N) is 2. The lowest BCUT2D eigenvalue weighted by Crippen LogP contribution is -2.43. The highest BCUT2D eigenvalue weighted by Crippen LogP contribution is 2.34. The molecule has 0 aliphatic carbocycles. The predicted molar refractivity (Wildman–Crippen MR) is 152 cm³/mol. The summed E-state index contributed by atoms with van der Waals surface area (Å²) in [4.78, 5) is 24.5. The third kappa shape index (κ3) is 5.68. The molecule has 1 aliphatic heterocycles. The number of benzene rings is 2. The van der Waals surface area contributed by atoms with E-state index in [2.05, 4.69) is 24.9 Å². The SMILES string of the molecule is CCN(C)S(=O)(=O)Nc1ccc(F)c(Oc2ccc3ncn(-c4ccc(N5CCNCC5)nc4)c(=O)c3c2)c1C#N. The van der Waals surface area contributed by atoms with Gasteiger partial charge in [0.1, 0.15) is 29.5 Å². The quantitative estimate of drug-likeness (QED) is 0.322. The highest BCUT2D eigenvalue weighted by Gasteiger charge is 2.22. The summed E-state index contributed by atoms with van der Waals surface area (Å²) < 4.78 is 50.2. The Morgan fingerprint density at radius 3 is 2.63 bits per heavy atom. The van der Waals surface area contributed by atoms with E-state index in [1.807, 2.05) is 12.1 Å². The second-order valence-electron chi connectivity index (χ2n) is 9.24. The number of ether oxygens (including phenoxy) is 1. The average molecular weight is 579 g/mol. The lowest BCUT2D eigenvalue weighted by Gasteiger charge is -2.28. The minimum absolute atomic E-state index is 0.0578. The summed E-state index contributed by atoms with van der Waals surface area (Å²) in [6.45, 7) is 5.25. The van der Waals surface area contributed by atoms with Crippen LogP contribution in [0.5, 0.6) is 11.5 Å². The van der Waals surface area contributed by atoms with Gasteiger partial charge in [-0.3, -0.25) is 14.1 Å². The van der Waals surface area contributed by atoms with E-state index in [-0.39, 0.29) is 28.9 Å². The molecule has 4 aromatic rings. The molecule has 0 bridgehead atoms. The molecule has 2 N–H and O–H groups in total. The van der Waals surface area contributed by atoms with Crippen LogP contribution in [0.15, 0.2) is 59.8 Å². The fraction of sp³-hybridized carbons (Fsp3) is 0.259. The van der Waals surface area contributed by atoms with Crippen molar-refractivity contribution < 1.29 is 17.5 Å². The van der Waals surface area contributed by atoms with Crippen molar-refractivity contribution in [2.24, 2.45) is 0 Å². The molecule has 0 saturated carbocycles. The smallest absolute Gasteiger partial charge is 0.301 e. The molecule has 0 radical (unpaired) electrons. The second-order valence-corrected chi connectivity index (χ2v) is 11.0. The van der Waals surface area contributed by atoms with Crippen LogP contribution in [0.25, 0.3) is 16.6 Å². The lowest BCUT2D eigenvalue weighted by atomic mass is 10.1. The highest BCUT2D eigenvalue weighted by molar-refractivity contribution is 7.90. The van der Waals surface area contributed by atoms with E-state index in [0.29, 0.717) is 11.2 Å². The molecule has 1 aliphatic rings. The molecule has 14 heteroatoms. The summed E-state index contributed by atoms with van der Waals surface area (Å²) in [6, 6.07) is 12.0. The van der Waals surface area contributed by atoms with Crippen LogP contribution in [0.2, 0.25) is 0 Å². The van der Waals surface area contributed by atoms with Crippen molar-refractivity contribution in [1.29, 1.82) is 5.26 Å². The fourth-order valence-corrected chi connectivity index (χ4v) is 5.25. The van der Waals surface area contributed by atoms with Crippen molar-refractivity contribution in [3.05, 3.63) is 76.7 Å². The van der Waals surface area contributed by atoms with Gasteiger partial charge in [-0.2, -0.15) is 18.0 Å². The molecule has 0 amide bonds. The van der Waals surface area contributed by atoms with Gasteiger partial charge in [-0.1, -0.05) is 6.92 Å². The summed E-state index contributed by atoms with van der Waals surface area (Å²) >= 11 is 0.